The van der Waals surface area contributed by atoms with Gasteiger partial charge in [0.25, 0.3) is 0 Å². The van der Waals surface area contributed by atoms with Gasteiger partial charge in [0, 0.05) is 38.8 Å². The Labute approximate surface area is 142 Å². The van der Waals surface area contributed by atoms with Crippen LogP contribution in [0.25, 0.3) is 0 Å². The third-order valence-electron chi connectivity index (χ3n) is 2.68. The summed E-state index contributed by atoms with van der Waals surface area (Å²) in [6, 6.07) is 0.644. The number of nitrogens with one attached hydrogen (secondary N) is 1. The highest BCUT2D eigenvalue weighted by Crippen LogP contribution is 1.99. The van der Waals surface area contributed by atoms with Crippen LogP contribution in [0.5, 0.6) is 0 Å². The number of amides is 3. The number of carbonyl (C=O) groups excluding carboxylic acids is 3. The summed E-state index contributed by atoms with van der Waals surface area (Å²) in [4.78, 5) is 35.1. The number of nitrogens with zero attached hydrogens (tertiary/aromatic N) is 3. The summed E-state index contributed by atoms with van der Waals surface area (Å²) in [5.41, 5.74) is 0. The van der Waals surface area contributed by atoms with Crippen LogP contribution in [0, 0.1) is 0 Å². The van der Waals surface area contributed by atoms with Crippen molar-refractivity contribution in [2.45, 2.75) is 46.7 Å². The molecule has 0 saturated carbocycles. The zero-order valence-electron chi connectivity index (χ0n) is 16.1. The van der Waals surface area contributed by atoms with E-state index in [1.54, 1.807) is 16.8 Å². The number of carbonyl (C=O) groups is 3. The Morgan fingerprint density at radius 2 is 1.35 bits per heavy atom. The third-order valence-corrected chi connectivity index (χ3v) is 2.68. The van der Waals surface area contributed by atoms with Gasteiger partial charge in [0.05, 0.1) is 0 Å². The van der Waals surface area contributed by atoms with Gasteiger partial charge in [-0.2, -0.15) is 0 Å². The summed E-state index contributed by atoms with van der Waals surface area (Å²) >= 11 is 0. The minimum atomic E-state index is 0.322. The van der Waals surface area contributed by atoms with Crippen molar-refractivity contribution in [2.75, 3.05) is 40.8 Å². The number of likely N-dealkylation sites (N-methyl/N-ethyl adjacent to an activating group) is 2. The Kier molecular flexibility index (Phi) is 21.0. The molecule has 7 heteroatoms. The summed E-state index contributed by atoms with van der Waals surface area (Å²) in [5.74, 6) is 0. The van der Waals surface area contributed by atoms with Gasteiger partial charge >= 0.3 is 0 Å². The van der Waals surface area contributed by atoms with Crippen LogP contribution in [0.15, 0.2) is 0 Å². The van der Waals surface area contributed by atoms with Crippen LogP contribution in [0.3, 0.4) is 0 Å². The molecule has 0 bridgehead atoms. The molecule has 138 valence electrons. The first-order chi connectivity index (χ1) is 10.7. The van der Waals surface area contributed by atoms with Gasteiger partial charge < -0.3 is 20.0 Å². The van der Waals surface area contributed by atoms with E-state index in [-0.39, 0.29) is 0 Å². The largest absolute Gasteiger partial charge is 0.359 e. The van der Waals surface area contributed by atoms with E-state index in [0.717, 1.165) is 32.5 Å². The van der Waals surface area contributed by atoms with Crippen LogP contribution in [0.2, 0.25) is 0 Å². The Morgan fingerprint density at radius 1 is 0.870 bits per heavy atom. The Bertz CT molecular complexity index is 276. The van der Waals surface area contributed by atoms with Crippen molar-refractivity contribution in [1.29, 1.82) is 0 Å². The molecule has 0 aliphatic rings. The fourth-order valence-electron chi connectivity index (χ4n) is 1.33. The van der Waals surface area contributed by atoms with Gasteiger partial charge in [-0.15, -0.1) is 0 Å². The summed E-state index contributed by atoms with van der Waals surface area (Å²) in [5, 5.41) is 2.43. The molecule has 0 heterocycles. The number of rotatable bonds is 9. The summed E-state index contributed by atoms with van der Waals surface area (Å²) < 4.78 is 0. The fourth-order valence-corrected chi connectivity index (χ4v) is 1.33. The van der Waals surface area contributed by atoms with E-state index in [2.05, 4.69) is 5.32 Å². The van der Waals surface area contributed by atoms with Gasteiger partial charge in [0.15, 0.2) is 0 Å². The number of hydrogen-bond donors (Lipinski definition) is 1. The first kappa shape index (κ1) is 26.3. The van der Waals surface area contributed by atoms with Crippen molar-refractivity contribution in [3.05, 3.63) is 0 Å². The molecule has 0 aromatic heterocycles. The van der Waals surface area contributed by atoms with Gasteiger partial charge in [-0.05, 0) is 48.7 Å². The zero-order valence-corrected chi connectivity index (χ0v) is 16.1. The van der Waals surface area contributed by atoms with E-state index in [1.165, 1.54) is 0 Å². The first-order valence-corrected chi connectivity index (χ1v) is 7.87. The van der Waals surface area contributed by atoms with Crippen molar-refractivity contribution in [3.63, 3.8) is 0 Å². The van der Waals surface area contributed by atoms with E-state index in [4.69, 9.17) is 0 Å². The van der Waals surface area contributed by atoms with E-state index < -0.39 is 0 Å². The molecule has 0 saturated heterocycles. The molecule has 1 N–H and O–H groups in total. The fraction of sp³-hybridized carbons (Fsp3) is 0.812. The Hall–Kier alpha value is -1.63. The average Bonchev–Trinajstić information content (AvgIpc) is 2.46. The minimum Gasteiger partial charge on any atom is -0.359 e. The maximum atomic E-state index is 10.3. The quantitative estimate of drug-likeness (QED) is 0.629. The molecule has 0 fully saturated rings. The second kappa shape index (κ2) is 18.4. The van der Waals surface area contributed by atoms with Crippen molar-refractivity contribution in [3.8, 4) is 0 Å². The van der Waals surface area contributed by atoms with E-state index in [0.29, 0.717) is 18.5 Å². The predicted molar refractivity (Wildman–Crippen MR) is 95.2 cm³/mol. The average molecular weight is 332 g/mol. The van der Waals surface area contributed by atoms with Crippen LogP contribution in [0.4, 0.5) is 0 Å². The third kappa shape index (κ3) is 22.8. The molecule has 0 rings (SSSR count). The lowest BCUT2D eigenvalue weighted by atomic mass is 10.2. The molecule has 0 aliphatic heterocycles. The van der Waals surface area contributed by atoms with Crippen LogP contribution >= 0.6 is 0 Å². The molecule has 0 aliphatic carbocycles. The van der Waals surface area contributed by atoms with Crippen LogP contribution in [0.1, 0.15) is 34.6 Å². The van der Waals surface area contributed by atoms with Crippen molar-refractivity contribution >= 4 is 19.2 Å². The molecule has 0 atom stereocenters. The van der Waals surface area contributed by atoms with Crippen molar-refractivity contribution in [1.82, 2.24) is 20.0 Å². The summed E-state index contributed by atoms with van der Waals surface area (Å²) in [6.07, 6.45) is 2.42. The van der Waals surface area contributed by atoms with Crippen molar-refractivity contribution in [2.24, 2.45) is 0 Å². The Balaban J connectivity index is -0.000000273. The van der Waals surface area contributed by atoms with Crippen LogP contribution in [-0.2, 0) is 14.4 Å². The predicted octanol–water partition coefficient (Wildman–Crippen LogP) is 0.650. The van der Waals surface area contributed by atoms with E-state index >= 15 is 0 Å². The lowest BCUT2D eigenvalue weighted by molar-refractivity contribution is -0.121. The van der Waals surface area contributed by atoms with Crippen molar-refractivity contribution < 1.29 is 14.4 Å². The van der Waals surface area contributed by atoms with Crippen LogP contribution in [-0.4, -0.2) is 86.8 Å². The maximum absolute atomic E-state index is 10.3. The highest BCUT2D eigenvalue weighted by molar-refractivity contribution is 5.48. The summed E-state index contributed by atoms with van der Waals surface area (Å²) in [6.45, 7) is 12.4. The zero-order chi connectivity index (χ0) is 18.8. The molecule has 3 amide bonds. The molecule has 0 aromatic rings. The maximum Gasteiger partial charge on any atom is 0.210 e. The Morgan fingerprint density at radius 3 is 1.48 bits per heavy atom. The highest BCUT2D eigenvalue weighted by Gasteiger charge is 2.08. The lowest BCUT2D eigenvalue weighted by Crippen LogP contribution is -2.35. The monoisotopic (exact) mass is 332 g/mol. The molecule has 0 radical (unpaired) electrons. The molecular weight excluding hydrogens is 296 g/mol. The van der Waals surface area contributed by atoms with E-state index in [9.17, 15) is 14.4 Å². The normalized spacial score (nSPS) is 9.35. The molecule has 0 spiro atoms. The van der Waals surface area contributed by atoms with Gasteiger partial charge in [0.1, 0.15) is 0 Å². The van der Waals surface area contributed by atoms with Gasteiger partial charge in [-0.3, -0.25) is 14.4 Å². The standard InChI is InChI=1S/C7H15NO.C6H14N2O.C3H7NO/c1-6(2)8(5-9)7(3)4;1-7(2)4-5-8(3)6-9;1-2-4-3-5/h5-7H,1-4H3;6H,4-5H2,1-3H3;3H,2H2,1H3,(H,4,5). The minimum absolute atomic E-state index is 0.322. The molecule has 0 aromatic carbocycles. The van der Waals surface area contributed by atoms with Gasteiger partial charge in [0.2, 0.25) is 19.2 Å². The SMILES string of the molecule is CC(C)N(C=O)C(C)C.CCNC=O.CN(C)CCN(C)C=O. The topological polar surface area (TPSA) is 73.0 Å². The van der Waals surface area contributed by atoms with Gasteiger partial charge in [-0.1, -0.05) is 0 Å². The molecule has 23 heavy (non-hydrogen) atoms. The van der Waals surface area contributed by atoms with Gasteiger partial charge in [-0.25, -0.2) is 0 Å². The molecule has 7 nitrogen and oxygen atoms in total. The smallest absolute Gasteiger partial charge is 0.210 e. The highest BCUT2D eigenvalue weighted by atomic mass is 16.1. The number of hydrogen-bond acceptors (Lipinski definition) is 4. The molecule has 0 unspecified atom stereocenters. The second-order valence-electron chi connectivity index (χ2n) is 5.80. The van der Waals surface area contributed by atoms with Crippen LogP contribution < -0.4 is 5.32 Å². The first-order valence-electron chi connectivity index (χ1n) is 7.87. The summed E-state index contributed by atoms with van der Waals surface area (Å²) in [7, 11) is 5.74. The second-order valence-corrected chi connectivity index (χ2v) is 5.80. The van der Waals surface area contributed by atoms with E-state index in [1.807, 2.05) is 53.6 Å². The lowest BCUT2D eigenvalue weighted by Gasteiger charge is -2.25. The molecular formula is C16H36N4O3.